The molecule has 3 aromatic rings. The molecule has 0 aliphatic rings. The highest BCUT2D eigenvalue weighted by atomic mass is 79.9. The average molecular weight is 440 g/mol. The maximum absolute atomic E-state index is 12.2. The van der Waals surface area contributed by atoms with Gasteiger partial charge in [-0.3, -0.25) is 4.79 Å². The number of hydrogen-bond donors (Lipinski definition) is 4. The van der Waals surface area contributed by atoms with Crippen molar-refractivity contribution < 1.29 is 4.79 Å². The van der Waals surface area contributed by atoms with E-state index in [-0.39, 0.29) is 18.3 Å². The van der Waals surface area contributed by atoms with Gasteiger partial charge >= 0.3 is 0 Å². The van der Waals surface area contributed by atoms with Crippen molar-refractivity contribution in [3.05, 3.63) is 70.8 Å². The number of ketones is 1. The molecular weight excluding hydrogens is 422 g/mol. The van der Waals surface area contributed by atoms with Crippen molar-refractivity contribution in [2.75, 3.05) is 22.9 Å². The number of nitrogen functional groups attached to an aromatic ring is 1. The fourth-order valence-electron chi connectivity index (χ4n) is 2.29. The molecule has 0 fully saturated rings. The zero-order valence-electron chi connectivity index (χ0n) is 14.8. The molecule has 1 aromatic carbocycles. The number of pyridine rings is 1. The molecule has 0 bridgehead atoms. The lowest BCUT2D eigenvalue weighted by Gasteiger charge is -2.09. The van der Waals surface area contributed by atoms with E-state index in [0.29, 0.717) is 27.6 Å². The Morgan fingerprint density at radius 1 is 1.11 bits per heavy atom. The first-order valence-corrected chi connectivity index (χ1v) is 9.12. The van der Waals surface area contributed by atoms with E-state index in [4.69, 9.17) is 11.5 Å². The summed E-state index contributed by atoms with van der Waals surface area (Å²) in [6.07, 6.45) is 2.96. The van der Waals surface area contributed by atoms with Crippen LogP contribution in [0.5, 0.6) is 0 Å². The first-order chi connectivity index (χ1) is 13.5. The molecular formula is C19H18BrN7O. The molecule has 2 heterocycles. The van der Waals surface area contributed by atoms with Gasteiger partial charge in [0, 0.05) is 18.0 Å². The minimum atomic E-state index is -0.195. The van der Waals surface area contributed by atoms with Gasteiger partial charge in [-0.15, -0.1) is 0 Å². The zero-order chi connectivity index (χ0) is 19.9. The number of nitrogens with one attached hydrogen (secondary N) is 2. The van der Waals surface area contributed by atoms with E-state index in [2.05, 4.69) is 41.5 Å². The van der Waals surface area contributed by atoms with Crippen molar-refractivity contribution in [3.63, 3.8) is 0 Å². The van der Waals surface area contributed by atoms with Crippen molar-refractivity contribution in [2.45, 2.75) is 0 Å². The summed E-state index contributed by atoms with van der Waals surface area (Å²) in [7, 11) is 0. The minimum Gasteiger partial charge on any atom is -0.398 e. The molecule has 9 heteroatoms. The smallest absolute Gasteiger partial charge is 0.225 e. The van der Waals surface area contributed by atoms with Gasteiger partial charge in [-0.25, -0.2) is 9.97 Å². The average Bonchev–Trinajstić information content (AvgIpc) is 2.69. The molecule has 0 radical (unpaired) electrons. The molecule has 0 saturated carbocycles. The van der Waals surface area contributed by atoms with Crippen molar-refractivity contribution in [2.24, 2.45) is 5.73 Å². The Labute approximate surface area is 170 Å². The number of rotatable bonds is 7. The number of aromatic nitrogens is 3. The normalized spacial score (nSPS) is 11.1. The minimum absolute atomic E-state index is 0.00510. The maximum atomic E-state index is 12.2. The molecule has 2 aromatic heterocycles. The highest BCUT2D eigenvalue weighted by molar-refractivity contribution is 9.10. The van der Waals surface area contributed by atoms with Crippen molar-refractivity contribution >= 4 is 50.8 Å². The van der Waals surface area contributed by atoms with Crippen LogP contribution >= 0.6 is 15.9 Å². The van der Waals surface area contributed by atoms with E-state index in [1.165, 1.54) is 6.08 Å². The lowest BCUT2D eigenvalue weighted by atomic mass is 10.1. The molecule has 28 heavy (non-hydrogen) atoms. The fourth-order valence-corrected chi connectivity index (χ4v) is 2.58. The number of nitrogens with zero attached hydrogens (tertiary/aromatic N) is 3. The first-order valence-electron chi connectivity index (χ1n) is 8.32. The summed E-state index contributed by atoms with van der Waals surface area (Å²) >= 11 is 3.38. The van der Waals surface area contributed by atoms with Gasteiger partial charge in [0.05, 0.1) is 11.0 Å². The number of carbonyl (C=O) groups is 1. The topological polar surface area (TPSA) is 132 Å². The van der Waals surface area contributed by atoms with Crippen LogP contribution in [0.25, 0.3) is 5.70 Å². The summed E-state index contributed by atoms with van der Waals surface area (Å²) in [4.78, 5) is 24.8. The van der Waals surface area contributed by atoms with Gasteiger partial charge in [0.1, 0.15) is 11.6 Å². The van der Waals surface area contributed by atoms with Gasteiger partial charge in [-0.1, -0.05) is 36.4 Å². The second kappa shape index (κ2) is 8.96. The van der Waals surface area contributed by atoms with Gasteiger partial charge in [-0.2, -0.15) is 4.98 Å². The van der Waals surface area contributed by atoms with Crippen LogP contribution in [0.15, 0.2) is 65.3 Å². The van der Waals surface area contributed by atoms with E-state index in [1.807, 2.05) is 30.3 Å². The van der Waals surface area contributed by atoms with Crippen LogP contribution in [-0.2, 0) is 4.79 Å². The summed E-state index contributed by atoms with van der Waals surface area (Å²) in [6, 6.07) is 14.5. The Balaban J connectivity index is 1.65. The van der Waals surface area contributed by atoms with Crippen molar-refractivity contribution in [3.8, 4) is 0 Å². The van der Waals surface area contributed by atoms with Crippen LogP contribution in [0.4, 0.5) is 23.4 Å². The quantitative estimate of drug-likeness (QED) is 0.413. The fraction of sp³-hybridized carbons (Fsp3) is 0.0526. The molecule has 0 aliphatic carbocycles. The number of benzene rings is 1. The molecule has 0 aliphatic heterocycles. The number of halogens is 1. The molecule has 142 valence electrons. The van der Waals surface area contributed by atoms with Crippen LogP contribution < -0.4 is 22.1 Å². The summed E-state index contributed by atoms with van der Waals surface area (Å²) in [6.45, 7) is 0.00510. The van der Waals surface area contributed by atoms with Crippen LogP contribution in [0.1, 0.15) is 5.56 Å². The van der Waals surface area contributed by atoms with E-state index in [0.717, 1.165) is 5.56 Å². The van der Waals surface area contributed by atoms with Crippen LogP contribution in [0.2, 0.25) is 0 Å². The zero-order valence-corrected chi connectivity index (χ0v) is 16.3. The Bertz CT molecular complexity index is 1010. The van der Waals surface area contributed by atoms with Gasteiger partial charge in [0.25, 0.3) is 0 Å². The summed E-state index contributed by atoms with van der Waals surface area (Å²) in [5.74, 6) is 1.51. The van der Waals surface area contributed by atoms with Crippen LogP contribution in [0, 0.1) is 0 Å². The second-order valence-corrected chi connectivity index (χ2v) is 6.60. The molecule has 0 atom stereocenters. The van der Waals surface area contributed by atoms with Crippen molar-refractivity contribution in [1.29, 1.82) is 0 Å². The summed E-state index contributed by atoms with van der Waals surface area (Å²) in [5, 5.41) is 5.94. The third-order valence-electron chi connectivity index (χ3n) is 3.61. The Morgan fingerprint density at radius 3 is 2.64 bits per heavy atom. The van der Waals surface area contributed by atoms with Crippen LogP contribution in [-0.4, -0.2) is 27.3 Å². The third kappa shape index (κ3) is 5.27. The van der Waals surface area contributed by atoms with E-state index in [9.17, 15) is 4.79 Å². The number of nitrogens with two attached hydrogens (primary N) is 2. The Hall–Kier alpha value is -3.46. The van der Waals surface area contributed by atoms with E-state index >= 15 is 0 Å². The van der Waals surface area contributed by atoms with Gasteiger partial charge in [0.15, 0.2) is 11.6 Å². The Morgan fingerprint density at radius 2 is 1.89 bits per heavy atom. The summed E-state index contributed by atoms with van der Waals surface area (Å²) in [5.41, 5.74) is 12.8. The monoisotopic (exact) mass is 439 g/mol. The molecule has 8 nitrogen and oxygen atoms in total. The molecule has 0 unspecified atom stereocenters. The van der Waals surface area contributed by atoms with E-state index < -0.39 is 0 Å². The molecule has 0 spiro atoms. The number of anilines is 4. The summed E-state index contributed by atoms with van der Waals surface area (Å²) < 4.78 is 0.641. The van der Waals surface area contributed by atoms with Gasteiger partial charge < -0.3 is 22.1 Å². The lowest BCUT2D eigenvalue weighted by molar-refractivity contribution is -0.113. The third-order valence-corrected chi connectivity index (χ3v) is 4.19. The van der Waals surface area contributed by atoms with Crippen LogP contribution in [0.3, 0.4) is 0 Å². The Kier molecular flexibility index (Phi) is 6.18. The number of carbonyl (C=O) groups excluding carboxylic acids is 1. The first kappa shape index (κ1) is 19.3. The van der Waals surface area contributed by atoms with Gasteiger partial charge in [0.2, 0.25) is 5.95 Å². The second-order valence-electron chi connectivity index (χ2n) is 5.75. The highest BCUT2D eigenvalue weighted by Crippen LogP contribution is 2.23. The molecule has 0 saturated heterocycles. The standard InChI is InChI=1S/C19H18BrN7O/c20-14-11-24-19(27-18(14)26-17-8-4-7-16(22)25-17)23-10-13(28)9-15(21)12-5-2-1-3-6-12/h1-9,11H,10,21H2,(H4,22,23,24,25,26,27). The van der Waals surface area contributed by atoms with E-state index in [1.54, 1.807) is 24.4 Å². The predicted molar refractivity (Wildman–Crippen MR) is 114 cm³/mol. The molecule has 0 amide bonds. The number of hydrogen-bond acceptors (Lipinski definition) is 8. The largest absolute Gasteiger partial charge is 0.398 e. The SMILES string of the molecule is NC(=CC(=O)CNc1ncc(Br)c(Nc2cccc(N)n2)n1)c1ccccc1. The molecule has 6 N–H and O–H groups in total. The highest BCUT2D eigenvalue weighted by Gasteiger charge is 2.08. The lowest BCUT2D eigenvalue weighted by Crippen LogP contribution is -2.15. The van der Waals surface area contributed by atoms with Gasteiger partial charge in [-0.05, 0) is 33.6 Å². The molecule has 3 rings (SSSR count). The van der Waals surface area contributed by atoms with Crippen molar-refractivity contribution in [1.82, 2.24) is 15.0 Å². The predicted octanol–water partition coefficient (Wildman–Crippen LogP) is 2.94. The maximum Gasteiger partial charge on any atom is 0.225 e.